The van der Waals surface area contributed by atoms with E-state index in [-0.39, 0.29) is 5.60 Å². The van der Waals surface area contributed by atoms with Crippen molar-refractivity contribution in [3.63, 3.8) is 0 Å². The molecule has 0 aromatic carbocycles. The molecule has 0 saturated heterocycles. The summed E-state index contributed by atoms with van der Waals surface area (Å²) in [6, 6.07) is 0. The summed E-state index contributed by atoms with van der Waals surface area (Å²) in [5, 5.41) is 3.72. The van der Waals surface area contributed by atoms with Crippen molar-refractivity contribution in [2.75, 3.05) is 0 Å². The lowest BCUT2D eigenvalue weighted by atomic mass is 10.1. The zero-order valence-electron chi connectivity index (χ0n) is 4.94. The topological polar surface area (TPSA) is 21.6 Å². The Labute approximate surface area is 57.0 Å². The lowest BCUT2D eigenvalue weighted by Gasteiger charge is -2.12. The van der Waals surface area contributed by atoms with E-state index in [0.717, 1.165) is 11.0 Å². The van der Waals surface area contributed by atoms with E-state index < -0.39 is 0 Å². The molecule has 0 aromatic rings. The van der Waals surface area contributed by atoms with Gasteiger partial charge in [-0.05, 0) is 29.8 Å². The molecule has 2 nitrogen and oxygen atoms in total. The van der Waals surface area contributed by atoms with E-state index in [0.29, 0.717) is 0 Å². The normalized spacial score (nSPS) is 24.6. The Morgan fingerprint density at radius 2 is 2.38 bits per heavy atom. The van der Waals surface area contributed by atoms with Gasteiger partial charge in [0.05, 0.1) is 0 Å². The predicted molar refractivity (Wildman–Crippen MR) is 36.1 cm³/mol. The third kappa shape index (κ3) is 1.22. The summed E-state index contributed by atoms with van der Waals surface area (Å²) < 4.78 is 0.905. The Morgan fingerprint density at radius 3 is 2.50 bits per heavy atom. The third-order valence-electron chi connectivity index (χ3n) is 0.963. The number of oxime groups is 1. The van der Waals surface area contributed by atoms with Crippen molar-refractivity contribution < 1.29 is 4.84 Å². The van der Waals surface area contributed by atoms with E-state index in [1.807, 2.05) is 13.8 Å². The highest BCUT2D eigenvalue weighted by Gasteiger charge is 2.26. The summed E-state index contributed by atoms with van der Waals surface area (Å²) in [6.07, 6.45) is 0.882. The maximum Gasteiger partial charge on any atom is 0.138 e. The van der Waals surface area contributed by atoms with E-state index in [2.05, 4.69) is 21.1 Å². The second-order valence-electron chi connectivity index (χ2n) is 2.50. The molecule has 0 bridgehead atoms. The van der Waals surface area contributed by atoms with Crippen LogP contribution in [0.5, 0.6) is 0 Å². The van der Waals surface area contributed by atoms with Crippen LogP contribution in [0.3, 0.4) is 0 Å². The summed E-state index contributed by atoms with van der Waals surface area (Å²) in [5.74, 6) is 0. The van der Waals surface area contributed by atoms with Crippen LogP contribution in [-0.2, 0) is 4.84 Å². The zero-order valence-corrected chi connectivity index (χ0v) is 6.53. The van der Waals surface area contributed by atoms with Crippen molar-refractivity contribution in [2.24, 2.45) is 5.16 Å². The summed E-state index contributed by atoms with van der Waals surface area (Å²) in [5.41, 5.74) is -0.0845. The van der Waals surface area contributed by atoms with Crippen LogP contribution in [0.25, 0.3) is 0 Å². The molecule has 0 aromatic heterocycles. The molecule has 0 spiro atoms. The van der Waals surface area contributed by atoms with Gasteiger partial charge in [-0.25, -0.2) is 0 Å². The van der Waals surface area contributed by atoms with Gasteiger partial charge in [-0.3, -0.25) is 0 Å². The van der Waals surface area contributed by atoms with E-state index in [9.17, 15) is 0 Å². The first-order chi connectivity index (χ1) is 3.60. The van der Waals surface area contributed by atoms with Crippen LogP contribution >= 0.6 is 15.9 Å². The van der Waals surface area contributed by atoms with Crippen LogP contribution < -0.4 is 0 Å². The van der Waals surface area contributed by atoms with Crippen molar-refractivity contribution in [1.82, 2.24) is 0 Å². The molecule has 0 radical (unpaired) electrons. The van der Waals surface area contributed by atoms with Crippen molar-refractivity contribution in [3.05, 3.63) is 0 Å². The minimum Gasteiger partial charge on any atom is -0.389 e. The number of nitrogens with zero attached hydrogens (tertiary/aromatic N) is 1. The molecule has 1 aliphatic rings. The minimum absolute atomic E-state index is 0.0845. The van der Waals surface area contributed by atoms with Gasteiger partial charge < -0.3 is 4.84 Å². The maximum absolute atomic E-state index is 4.99. The molecule has 0 amide bonds. The van der Waals surface area contributed by atoms with Crippen molar-refractivity contribution in [1.29, 1.82) is 0 Å². The van der Waals surface area contributed by atoms with Crippen molar-refractivity contribution >= 4 is 20.6 Å². The number of hydrogen-bond donors (Lipinski definition) is 0. The fourth-order valence-electron chi connectivity index (χ4n) is 0.589. The van der Waals surface area contributed by atoms with Gasteiger partial charge in [0.1, 0.15) is 10.2 Å². The van der Waals surface area contributed by atoms with Gasteiger partial charge >= 0.3 is 0 Å². The second-order valence-corrected chi connectivity index (χ2v) is 3.41. The Morgan fingerprint density at radius 1 is 1.75 bits per heavy atom. The minimum atomic E-state index is -0.0845. The molecule has 0 atom stereocenters. The van der Waals surface area contributed by atoms with Crippen LogP contribution in [-0.4, -0.2) is 10.2 Å². The number of hydrogen-bond acceptors (Lipinski definition) is 2. The average Bonchev–Trinajstić information content (AvgIpc) is 1.82. The number of rotatable bonds is 0. The first kappa shape index (κ1) is 6.08. The van der Waals surface area contributed by atoms with E-state index in [4.69, 9.17) is 4.84 Å². The summed E-state index contributed by atoms with van der Waals surface area (Å²) in [7, 11) is 0. The Bertz CT molecular complexity index is 130. The molecule has 0 N–H and O–H groups in total. The lowest BCUT2D eigenvalue weighted by molar-refractivity contribution is 0.0123. The largest absolute Gasteiger partial charge is 0.389 e. The van der Waals surface area contributed by atoms with E-state index in [1.165, 1.54) is 0 Å². The highest BCUT2D eigenvalue weighted by molar-refractivity contribution is 9.18. The molecule has 8 heavy (non-hydrogen) atoms. The van der Waals surface area contributed by atoms with Gasteiger partial charge in [0, 0.05) is 6.42 Å². The first-order valence-electron chi connectivity index (χ1n) is 2.51. The van der Waals surface area contributed by atoms with Gasteiger partial charge in [0.2, 0.25) is 0 Å². The van der Waals surface area contributed by atoms with Gasteiger partial charge in [0.25, 0.3) is 0 Å². The number of halogens is 1. The second kappa shape index (κ2) is 1.72. The van der Waals surface area contributed by atoms with Crippen molar-refractivity contribution in [2.45, 2.75) is 25.9 Å². The molecule has 0 saturated carbocycles. The van der Waals surface area contributed by atoms with Crippen molar-refractivity contribution in [3.8, 4) is 0 Å². The highest BCUT2D eigenvalue weighted by Crippen LogP contribution is 2.24. The Hall–Kier alpha value is -0.0500. The zero-order chi connectivity index (χ0) is 6.20. The predicted octanol–water partition coefficient (Wildman–Crippen LogP) is 1.89. The van der Waals surface area contributed by atoms with E-state index in [1.54, 1.807) is 0 Å². The summed E-state index contributed by atoms with van der Waals surface area (Å²) in [4.78, 5) is 4.99. The molecule has 0 fully saturated rings. The Kier molecular flexibility index (Phi) is 1.31. The first-order valence-corrected chi connectivity index (χ1v) is 3.30. The van der Waals surface area contributed by atoms with Gasteiger partial charge in [-0.2, -0.15) is 0 Å². The fourth-order valence-corrected chi connectivity index (χ4v) is 1.34. The molecular formula is C5H8BrNO. The monoisotopic (exact) mass is 177 g/mol. The fraction of sp³-hybridized carbons (Fsp3) is 0.800. The van der Waals surface area contributed by atoms with Crippen LogP contribution in [0.15, 0.2) is 5.16 Å². The third-order valence-corrected chi connectivity index (χ3v) is 1.39. The highest BCUT2D eigenvalue weighted by atomic mass is 79.9. The summed E-state index contributed by atoms with van der Waals surface area (Å²) >= 11 is 3.24. The molecule has 1 aliphatic heterocycles. The molecule has 1 rings (SSSR count). The van der Waals surface area contributed by atoms with Crippen LogP contribution in [0.4, 0.5) is 0 Å². The summed E-state index contributed by atoms with van der Waals surface area (Å²) in [6.45, 7) is 4.01. The SMILES string of the molecule is CC1(C)CC(Br)=NO1. The van der Waals surface area contributed by atoms with Crippen LogP contribution in [0.2, 0.25) is 0 Å². The van der Waals surface area contributed by atoms with Gasteiger partial charge in [0.15, 0.2) is 0 Å². The Balaban J connectivity index is 2.55. The molecule has 3 heteroatoms. The lowest BCUT2D eigenvalue weighted by Crippen LogP contribution is -2.17. The van der Waals surface area contributed by atoms with Crippen LogP contribution in [0.1, 0.15) is 20.3 Å². The molecule has 1 heterocycles. The molecular weight excluding hydrogens is 170 g/mol. The average molecular weight is 178 g/mol. The van der Waals surface area contributed by atoms with E-state index >= 15 is 0 Å². The van der Waals surface area contributed by atoms with Crippen LogP contribution in [0, 0.1) is 0 Å². The standard InChI is InChI=1S/C5H8BrNO/c1-5(2)3-4(6)7-8-5/h3H2,1-2H3. The smallest absolute Gasteiger partial charge is 0.138 e. The molecule has 0 unspecified atom stereocenters. The molecule has 0 aliphatic carbocycles. The molecule has 46 valence electrons. The van der Waals surface area contributed by atoms with Gasteiger partial charge in [-0.1, -0.05) is 5.16 Å². The van der Waals surface area contributed by atoms with Gasteiger partial charge in [-0.15, -0.1) is 0 Å². The quantitative estimate of drug-likeness (QED) is 0.555. The maximum atomic E-state index is 4.99.